The highest BCUT2D eigenvalue weighted by Crippen LogP contribution is 2.20. The van der Waals surface area contributed by atoms with Crippen molar-refractivity contribution in [2.45, 2.75) is 12.6 Å². The molecule has 0 aliphatic heterocycles. The molecule has 2 nitrogen and oxygen atoms in total. The molecule has 0 spiro atoms. The third kappa shape index (κ3) is 5.23. The second-order valence-electron chi connectivity index (χ2n) is 2.30. The Labute approximate surface area is 73.3 Å². The predicted octanol–water partition coefficient (Wildman–Crippen LogP) is 1.64. The van der Waals surface area contributed by atoms with Crippen LogP contribution in [0.15, 0.2) is 0 Å². The zero-order valence-electron chi connectivity index (χ0n) is 6.49. The van der Waals surface area contributed by atoms with Crippen LogP contribution in [0.25, 0.3) is 0 Å². The van der Waals surface area contributed by atoms with Crippen molar-refractivity contribution in [2.24, 2.45) is 0 Å². The lowest BCUT2D eigenvalue weighted by Crippen LogP contribution is -2.32. The summed E-state index contributed by atoms with van der Waals surface area (Å²) >= 11 is 5.24. The molecule has 0 bridgehead atoms. The van der Waals surface area contributed by atoms with Gasteiger partial charge in [-0.15, -0.1) is 11.6 Å². The quantitative estimate of drug-likeness (QED) is 0.639. The van der Waals surface area contributed by atoms with E-state index >= 15 is 0 Å². The van der Waals surface area contributed by atoms with Crippen LogP contribution >= 0.6 is 11.6 Å². The van der Waals surface area contributed by atoms with Gasteiger partial charge in [-0.3, -0.25) is 4.79 Å². The smallest absolute Gasteiger partial charge is 0.344 e. The van der Waals surface area contributed by atoms with Crippen molar-refractivity contribution in [3.05, 3.63) is 0 Å². The zero-order valence-corrected chi connectivity index (χ0v) is 7.24. The highest BCUT2D eigenvalue weighted by Gasteiger charge is 2.32. The molecule has 0 heterocycles. The van der Waals surface area contributed by atoms with Crippen molar-refractivity contribution in [1.82, 2.24) is 4.90 Å². The first-order valence-electron chi connectivity index (χ1n) is 3.23. The van der Waals surface area contributed by atoms with Gasteiger partial charge in [0.15, 0.2) is 0 Å². The lowest BCUT2D eigenvalue weighted by molar-refractivity contribution is -0.160. The van der Waals surface area contributed by atoms with Gasteiger partial charge < -0.3 is 4.90 Å². The number of amides is 1. The van der Waals surface area contributed by atoms with Gasteiger partial charge in [0.25, 0.3) is 0 Å². The van der Waals surface area contributed by atoms with Crippen molar-refractivity contribution in [2.75, 3.05) is 19.5 Å². The number of rotatable bonds is 3. The molecule has 0 radical (unpaired) electrons. The topological polar surface area (TPSA) is 20.3 Å². The average Bonchev–Trinajstić information content (AvgIpc) is 1.84. The molecule has 72 valence electrons. The minimum absolute atomic E-state index is 0.135. The van der Waals surface area contributed by atoms with Crippen LogP contribution in [0.2, 0.25) is 0 Å². The maximum atomic E-state index is 11.6. The normalized spacial score (nSPS) is 11.4. The molecule has 0 rings (SSSR count). The highest BCUT2D eigenvalue weighted by atomic mass is 35.5. The number of carbonyl (C=O) groups excluding carboxylic acids is 1. The van der Waals surface area contributed by atoms with Crippen molar-refractivity contribution in [3.63, 3.8) is 0 Å². The third-order valence-corrected chi connectivity index (χ3v) is 1.37. The summed E-state index contributed by atoms with van der Waals surface area (Å²) in [6.07, 6.45) is -5.85. The Kier molecular flexibility index (Phi) is 4.37. The first-order valence-corrected chi connectivity index (χ1v) is 3.77. The molecule has 0 aromatic carbocycles. The second-order valence-corrected chi connectivity index (χ2v) is 2.67. The van der Waals surface area contributed by atoms with Gasteiger partial charge in [0.2, 0.25) is 5.91 Å². The van der Waals surface area contributed by atoms with Gasteiger partial charge in [-0.1, -0.05) is 0 Å². The fraction of sp³-hybridized carbons (Fsp3) is 0.833. The van der Waals surface area contributed by atoms with Crippen LogP contribution in [-0.2, 0) is 4.79 Å². The lowest BCUT2D eigenvalue weighted by atomic mass is 10.3. The van der Waals surface area contributed by atoms with Crippen LogP contribution in [-0.4, -0.2) is 36.5 Å². The molecule has 12 heavy (non-hydrogen) atoms. The third-order valence-electron chi connectivity index (χ3n) is 1.20. The van der Waals surface area contributed by atoms with Crippen LogP contribution in [0, 0.1) is 0 Å². The number of carbonyl (C=O) groups is 1. The van der Waals surface area contributed by atoms with Crippen LogP contribution < -0.4 is 0 Å². The van der Waals surface area contributed by atoms with E-state index in [4.69, 9.17) is 11.6 Å². The summed E-state index contributed by atoms with van der Waals surface area (Å²) in [6, 6.07) is 0. The highest BCUT2D eigenvalue weighted by molar-refractivity contribution is 6.18. The fourth-order valence-corrected chi connectivity index (χ4v) is 0.811. The summed E-state index contributed by atoms with van der Waals surface area (Å²) in [5.74, 6) is -0.816. The van der Waals surface area contributed by atoms with Gasteiger partial charge in [-0.2, -0.15) is 13.2 Å². The summed E-state index contributed by atoms with van der Waals surface area (Å²) in [7, 11) is 1.29. The minimum Gasteiger partial charge on any atom is -0.344 e. The average molecular weight is 204 g/mol. The monoisotopic (exact) mass is 203 g/mol. The Balaban J connectivity index is 3.87. The summed E-state index contributed by atoms with van der Waals surface area (Å²) < 4.78 is 34.9. The summed E-state index contributed by atoms with van der Waals surface area (Å²) in [6.45, 7) is 0.135. The summed E-state index contributed by atoms with van der Waals surface area (Å²) in [5, 5.41) is 0. The molecular weight excluding hydrogens is 195 g/mol. The Morgan fingerprint density at radius 1 is 1.50 bits per heavy atom. The van der Waals surface area contributed by atoms with Crippen LogP contribution in [0.1, 0.15) is 6.42 Å². The molecule has 0 aliphatic rings. The van der Waals surface area contributed by atoms with E-state index in [-0.39, 0.29) is 12.4 Å². The first-order chi connectivity index (χ1) is 5.37. The van der Waals surface area contributed by atoms with Crippen molar-refractivity contribution < 1.29 is 18.0 Å². The minimum atomic E-state index is -4.43. The van der Waals surface area contributed by atoms with Gasteiger partial charge in [0.1, 0.15) is 6.42 Å². The molecule has 0 aromatic rings. The van der Waals surface area contributed by atoms with E-state index < -0.39 is 18.5 Å². The number of hydrogen-bond donors (Lipinski definition) is 0. The van der Waals surface area contributed by atoms with Gasteiger partial charge in [-0.25, -0.2) is 0 Å². The van der Waals surface area contributed by atoms with Gasteiger partial charge in [0, 0.05) is 19.5 Å². The fourth-order valence-electron chi connectivity index (χ4n) is 0.558. The van der Waals surface area contributed by atoms with Gasteiger partial charge >= 0.3 is 6.18 Å². The van der Waals surface area contributed by atoms with Gasteiger partial charge in [-0.05, 0) is 0 Å². The number of hydrogen-bond acceptors (Lipinski definition) is 1. The predicted molar refractivity (Wildman–Crippen MR) is 39.0 cm³/mol. The van der Waals surface area contributed by atoms with E-state index in [1.54, 1.807) is 0 Å². The Morgan fingerprint density at radius 3 is 2.33 bits per heavy atom. The molecule has 0 aliphatic carbocycles. The van der Waals surface area contributed by atoms with E-state index in [9.17, 15) is 18.0 Å². The summed E-state index contributed by atoms with van der Waals surface area (Å²) in [4.78, 5) is 11.7. The summed E-state index contributed by atoms with van der Waals surface area (Å²) in [5.41, 5.74) is 0. The Morgan fingerprint density at radius 2 is 2.00 bits per heavy atom. The number of alkyl halides is 4. The molecule has 0 N–H and O–H groups in total. The molecule has 0 saturated carbocycles. The molecule has 0 atom stereocenters. The van der Waals surface area contributed by atoms with E-state index in [0.717, 1.165) is 4.90 Å². The van der Waals surface area contributed by atoms with Crippen LogP contribution in [0.3, 0.4) is 0 Å². The van der Waals surface area contributed by atoms with Gasteiger partial charge in [0.05, 0.1) is 0 Å². The SMILES string of the molecule is CN(CCCl)C(=O)CC(F)(F)F. The maximum Gasteiger partial charge on any atom is 0.397 e. The van der Waals surface area contributed by atoms with Crippen LogP contribution in [0.5, 0.6) is 0 Å². The van der Waals surface area contributed by atoms with E-state index in [1.807, 2.05) is 0 Å². The van der Waals surface area contributed by atoms with Crippen molar-refractivity contribution >= 4 is 17.5 Å². The zero-order chi connectivity index (χ0) is 9.78. The Bertz CT molecular complexity index is 159. The molecule has 0 unspecified atom stereocenters. The lowest BCUT2D eigenvalue weighted by Gasteiger charge is -2.16. The molecule has 1 amide bonds. The van der Waals surface area contributed by atoms with Crippen molar-refractivity contribution in [3.8, 4) is 0 Å². The first kappa shape index (κ1) is 11.6. The van der Waals surface area contributed by atoms with Crippen LogP contribution in [0.4, 0.5) is 13.2 Å². The standard InChI is InChI=1S/C6H9ClF3NO/c1-11(3-2-7)5(12)4-6(8,9)10/h2-4H2,1H3. The molecule has 0 saturated heterocycles. The Hall–Kier alpha value is -0.450. The number of nitrogens with zero attached hydrogens (tertiary/aromatic N) is 1. The molecule has 0 fully saturated rings. The van der Waals surface area contributed by atoms with E-state index in [1.165, 1.54) is 7.05 Å². The van der Waals surface area contributed by atoms with Crippen molar-refractivity contribution in [1.29, 1.82) is 0 Å². The maximum absolute atomic E-state index is 11.6. The van der Waals surface area contributed by atoms with E-state index in [2.05, 4.69) is 0 Å². The molecule has 0 aromatic heterocycles. The largest absolute Gasteiger partial charge is 0.397 e. The van der Waals surface area contributed by atoms with E-state index in [0.29, 0.717) is 0 Å². The number of halogens is 4. The molecule has 6 heteroatoms. The molecular formula is C6H9ClF3NO. The second kappa shape index (κ2) is 4.54.